The van der Waals surface area contributed by atoms with Crippen LogP contribution >= 0.6 is 0 Å². The molecule has 4 rings (SSSR count). The molecule has 1 N–H and O–H groups in total. The predicted octanol–water partition coefficient (Wildman–Crippen LogP) is 2.60. The Hall–Kier alpha value is -1.92. The van der Waals surface area contributed by atoms with E-state index in [0.717, 1.165) is 54.6 Å². The summed E-state index contributed by atoms with van der Waals surface area (Å²) >= 11 is 0. The highest BCUT2D eigenvalue weighted by Gasteiger charge is 2.52. The fourth-order valence-electron chi connectivity index (χ4n) is 4.75. The monoisotopic (exact) mass is 357 g/mol. The van der Waals surface area contributed by atoms with Crippen LogP contribution in [0, 0.1) is 6.92 Å². The van der Waals surface area contributed by atoms with Gasteiger partial charge >= 0.3 is 0 Å². The number of nitrogens with one attached hydrogen (secondary N) is 1. The Balaban J connectivity index is 1.53. The van der Waals surface area contributed by atoms with E-state index in [2.05, 4.69) is 9.97 Å². The molecule has 1 aromatic carbocycles. The fourth-order valence-corrected chi connectivity index (χ4v) is 4.75. The molecular formula is C20H27N3O3. The Labute approximate surface area is 153 Å². The smallest absolute Gasteiger partial charge is 0.227 e. The number of carbonyl (C=O) groups is 1. The number of imidazole rings is 1. The van der Waals surface area contributed by atoms with Crippen molar-refractivity contribution in [3.63, 3.8) is 0 Å². The molecule has 1 aliphatic heterocycles. The van der Waals surface area contributed by atoms with Crippen LogP contribution in [-0.4, -0.2) is 59.3 Å². The number of likely N-dealkylation sites (tertiary alicyclic amines) is 1. The SMILES string of the molecule is CO[C@H]1CC[C@@]2(OC)CCN(C(=O)Cc3ccc4nc(C)[nH]c4c3)[C@H]2C1. The van der Waals surface area contributed by atoms with Gasteiger partial charge in [-0.25, -0.2) is 4.98 Å². The van der Waals surface area contributed by atoms with Crippen molar-refractivity contribution in [3.8, 4) is 0 Å². The highest BCUT2D eigenvalue weighted by atomic mass is 16.5. The topological polar surface area (TPSA) is 67.5 Å². The quantitative estimate of drug-likeness (QED) is 0.913. The van der Waals surface area contributed by atoms with Gasteiger partial charge in [0.1, 0.15) is 5.82 Å². The van der Waals surface area contributed by atoms with Crippen LogP contribution in [-0.2, 0) is 20.7 Å². The maximum Gasteiger partial charge on any atom is 0.227 e. The fraction of sp³-hybridized carbons (Fsp3) is 0.600. The van der Waals surface area contributed by atoms with E-state index < -0.39 is 0 Å². The third-order valence-electron chi connectivity index (χ3n) is 6.22. The van der Waals surface area contributed by atoms with Crippen molar-refractivity contribution < 1.29 is 14.3 Å². The molecule has 6 nitrogen and oxygen atoms in total. The Bertz CT molecular complexity index is 818. The van der Waals surface area contributed by atoms with Gasteiger partial charge in [-0.3, -0.25) is 4.79 Å². The molecule has 1 saturated heterocycles. The lowest BCUT2D eigenvalue weighted by Gasteiger charge is -2.43. The van der Waals surface area contributed by atoms with Crippen LogP contribution in [0.1, 0.15) is 37.1 Å². The van der Waals surface area contributed by atoms with Gasteiger partial charge in [0.05, 0.1) is 35.2 Å². The number of H-pyrrole nitrogens is 1. The van der Waals surface area contributed by atoms with Gasteiger partial charge in [0.15, 0.2) is 0 Å². The summed E-state index contributed by atoms with van der Waals surface area (Å²) in [6.45, 7) is 2.70. The first-order valence-corrected chi connectivity index (χ1v) is 9.37. The van der Waals surface area contributed by atoms with Crippen LogP contribution in [0.5, 0.6) is 0 Å². The van der Waals surface area contributed by atoms with E-state index in [4.69, 9.17) is 9.47 Å². The Morgan fingerprint density at radius 3 is 3.00 bits per heavy atom. The van der Waals surface area contributed by atoms with Crippen molar-refractivity contribution in [2.75, 3.05) is 20.8 Å². The molecule has 1 aromatic heterocycles. The summed E-state index contributed by atoms with van der Waals surface area (Å²) in [6, 6.07) is 6.12. The lowest BCUT2D eigenvalue weighted by atomic mass is 9.79. The maximum absolute atomic E-state index is 13.1. The lowest BCUT2D eigenvalue weighted by molar-refractivity contribution is -0.140. The predicted molar refractivity (Wildman–Crippen MR) is 99.0 cm³/mol. The first kappa shape index (κ1) is 17.5. The first-order valence-electron chi connectivity index (χ1n) is 9.37. The molecule has 3 atom stereocenters. The number of carbonyl (C=O) groups excluding carboxylic acids is 1. The van der Waals surface area contributed by atoms with Crippen LogP contribution < -0.4 is 0 Å². The number of aryl methyl sites for hydroxylation is 1. The minimum atomic E-state index is -0.199. The highest BCUT2D eigenvalue weighted by molar-refractivity contribution is 5.82. The molecule has 0 bridgehead atoms. The van der Waals surface area contributed by atoms with Gasteiger partial charge in [0.2, 0.25) is 5.91 Å². The number of amides is 1. The second-order valence-electron chi connectivity index (χ2n) is 7.60. The van der Waals surface area contributed by atoms with Gasteiger partial charge < -0.3 is 19.4 Å². The van der Waals surface area contributed by atoms with Crippen molar-refractivity contribution in [2.45, 2.75) is 56.8 Å². The summed E-state index contributed by atoms with van der Waals surface area (Å²) in [4.78, 5) is 22.8. The number of nitrogens with zero attached hydrogens (tertiary/aromatic N) is 2. The summed E-state index contributed by atoms with van der Waals surface area (Å²) in [5, 5.41) is 0. The van der Waals surface area contributed by atoms with E-state index in [0.29, 0.717) is 6.42 Å². The first-order chi connectivity index (χ1) is 12.5. The van der Waals surface area contributed by atoms with Gasteiger partial charge in [-0.2, -0.15) is 0 Å². The Morgan fingerprint density at radius 1 is 1.38 bits per heavy atom. The average Bonchev–Trinajstić information content (AvgIpc) is 3.20. The largest absolute Gasteiger partial charge is 0.381 e. The zero-order valence-electron chi connectivity index (χ0n) is 15.7. The molecule has 0 spiro atoms. The Kier molecular flexibility index (Phi) is 4.49. The molecule has 140 valence electrons. The van der Waals surface area contributed by atoms with Gasteiger partial charge in [-0.1, -0.05) is 6.07 Å². The number of aromatic amines is 1. The van der Waals surface area contributed by atoms with Crippen molar-refractivity contribution in [1.82, 2.24) is 14.9 Å². The van der Waals surface area contributed by atoms with Gasteiger partial charge in [-0.05, 0) is 50.3 Å². The van der Waals surface area contributed by atoms with Crippen molar-refractivity contribution in [1.29, 1.82) is 0 Å². The van der Waals surface area contributed by atoms with Crippen molar-refractivity contribution >= 4 is 16.9 Å². The van der Waals surface area contributed by atoms with Crippen LogP contribution in [0.3, 0.4) is 0 Å². The molecule has 0 radical (unpaired) electrons. The number of hydrogen-bond donors (Lipinski definition) is 1. The number of benzene rings is 1. The van der Waals surface area contributed by atoms with E-state index in [1.54, 1.807) is 14.2 Å². The van der Waals surface area contributed by atoms with E-state index in [1.807, 2.05) is 30.0 Å². The van der Waals surface area contributed by atoms with Gasteiger partial charge in [0, 0.05) is 20.8 Å². The molecular weight excluding hydrogens is 330 g/mol. The number of fused-ring (bicyclic) bond motifs is 2. The molecule has 1 saturated carbocycles. The molecule has 6 heteroatoms. The molecule has 1 amide bonds. The molecule has 0 unspecified atom stereocenters. The third kappa shape index (κ3) is 2.91. The standard InChI is InChI=1S/C20H27N3O3/c1-13-21-16-5-4-14(10-17(16)22-13)11-19(24)23-9-8-20(26-3)7-6-15(25-2)12-18(20)23/h4-5,10,15,18H,6-9,11-12H2,1-3H3,(H,21,22)/t15-,18-,20+/m0/s1. The van der Waals surface area contributed by atoms with Crippen LogP contribution in [0.4, 0.5) is 0 Å². The maximum atomic E-state index is 13.1. The summed E-state index contributed by atoms with van der Waals surface area (Å²) < 4.78 is 11.5. The van der Waals surface area contributed by atoms with E-state index in [9.17, 15) is 4.79 Å². The van der Waals surface area contributed by atoms with Crippen molar-refractivity contribution in [3.05, 3.63) is 29.6 Å². The summed E-state index contributed by atoms with van der Waals surface area (Å²) in [7, 11) is 3.54. The van der Waals surface area contributed by atoms with Gasteiger partial charge in [0.25, 0.3) is 0 Å². The number of aromatic nitrogens is 2. The Morgan fingerprint density at radius 2 is 2.23 bits per heavy atom. The van der Waals surface area contributed by atoms with E-state index >= 15 is 0 Å². The zero-order chi connectivity index (χ0) is 18.3. The molecule has 2 aromatic rings. The number of methoxy groups -OCH3 is 2. The van der Waals surface area contributed by atoms with Crippen molar-refractivity contribution in [2.24, 2.45) is 0 Å². The molecule has 2 fully saturated rings. The zero-order valence-corrected chi connectivity index (χ0v) is 15.7. The second-order valence-corrected chi connectivity index (χ2v) is 7.60. The lowest BCUT2D eigenvalue weighted by Crippen LogP contribution is -2.53. The normalized spacial score (nSPS) is 28.5. The minimum absolute atomic E-state index is 0.108. The van der Waals surface area contributed by atoms with Crippen LogP contribution in [0.25, 0.3) is 11.0 Å². The number of hydrogen-bond acceptors (Lipinski definition) is 4. The highest BCUT2D eigenvalue weighted by Crippen LogP contribution is 2.43. The van der Waals surface area contributed by atoms with E-state index in [1.165, 1.54) is 0 Å². The second kappa shape index (κ2) is 6.67. The third-order valence-corrected chi connectivity index (χ3v) is 6.22. The minimum Gasteiger partial charge on any atom is -0.381 e. The number of rotatable bonds is 4. The number of ether oxygens (including phenoxy) is 2. The van der Waals surface area contributed by atoms with Crippen LogP contribution in [0.15, 0.2) is 18.2 Å². The van der Waals surface area contributed by atoms with E-state index in [-0.39, 0.29) is 23.7 Å². The molecule has 2 heterocycles. The average molecular weight is 357 g/mol. The summed E-state index contributed by atoms with van der Waals surface area (Å²) in [5.41, 5.74) is 2.74. The van der Waals surface area contributed by atoms with Gasteiger partial charge in [-0.15, -0.1) is 0 Å². The molecule has 1 aliphatic carbocycles. The molecule has 2 aliphatic rings. The van der Waals surface area contributed by atoms with Crippen LogP contribution in [0.2, 0.25) is 0 Å². The summed E-state index contributed by atoms with van der Waals surface area (Å²) in [5.74, 6) is 1.06. The molecule has 26 heavy (non-hydrogen) atoms. The summed E-state index contributed by atoms with van der Waals surface area (Å²) in [6.07, 6.45) is 4.33.